The number of aromatic nitrogens is 4. The van der Waals surface area contributed by atoms with Gasteiger partial charge in [-0.25, -0.2) is 14.6 Å². The van der Waals surface area contributed by atoms with Gasteiger partial charge in [0.1, 0.15) is 23.5 Å². The average Bonchev–Trinajstić information content (AvgIpc) is 3.41. The van der Waals surface area contributed by atoms with Crippen LogP contribution in [0.15, 0.2) is 12.4 Å². The number of aliphatic hydroxyl groups is 1. The van der Waals surface area contributed by atoms with E-state index in [1.165, 1.54) is 6.33 Å². The lowest BCUT2D eigenvalue weighted by atomic mass is 9.84. The van der Waals surface area contributed by atoms with Gasteiger partial charge in [-0.3, -0.25) is 4.79 Å². The monoisotopic (exact) mass is 470 g/mol. The molecule has 5 rings (SSSR count). The van der Waals surface area contributed by atoms with Crippen molar-refractivity contribution in [2.75, 3.05) is 25.9 Å². The summed E-state index contributed by atoms with van der Waals surface area (Å²) >= 11 is 6.68. The Bertz CT molecular complexity index is 1280. The highest BCUT2D eigenvalue weighted by molar-refractivity contribution is 6.31. The SMILES string of the molecule is COc1c(C(C)n2nc(C)c3c(N)ncnc32)cc(Cl)c(C)c1C1CN(C(=O)C2(O)CC2)C1. The van der Waals surface area contributed by atoms with Crippen LogP contribution in [0.2, 0.25) is 5.02 Å². The number of anilines is 1. The summed E-state index contributed by atoms with van der Waals surface area (Å²) in [6.07, 6.45) is 2.51. The van der Waals surface area contributed by atoms with Crippen molar-refractivity contribution in [1.29, 1.82) is 0 Å². The molecule has 10 heteroatoms. The Hall–Kier alpha value is -2.91. The molecule has 1 amide bonds. The normalized spacial score (nSPS) is 18.3. The van der Waals surface area contributed by atoms with Crippen LogP contribution in [-0.4, -0.2) is 61.5 Å². The Morgan fingerprint density at radius 1 is 1.33 bits per heavy atom. The van der Waals surface area contributed by atoms with Gasteiger partial charge >= 0.3 is 0 Å². The second-order valence-corrected chi connectivity index (χ2v) is 9.53. The number of halogens is 1. The summed E-state index contributed by atoms with van der Waals surface area (Å²) in [6.45, 7) is 6.91. The second-order valence-electron chi connectivity index (χ2n) is 9.12. The molecule has 0 radical (unpaired) electrons. The number of benzene rings is 1. The number of rotatable bonds is 5. The van der Waals surface area contributed by atoms with Crippen molar-refractivity contribution >= 4 is 34.4 Å². The number of nitrogens with two attached hydrogens (primary N) is 1. The maximum Gasteiger partial charge on any atom is 0.254 e. The Morgan fingerprint density at radius 3 is 2.67 bits per heavy atom. The zero-order valence-electron chi connectivity index (χ0n) is 19.1. The van der Waals surface area contributed by atoms with Crippen molar-refractivity contribution < 1.29 is 14.6 Å². The minimum atomic E-state index is -1.15. The standard InChI is InChI=1S/C23H27ClN6O3/c1-11-16(24)7-15(13(3)30-21-18(12(2)28-30)20(25)26-10-27-21)19(33-4)17(11)14-8-29(9-14)22(31)23(32)5-6-23/h7,10,13-14,32H,5-6,8-9H2,1-4H3,(H2,25,26,27). The van der Waals surface area contributed by atoms with E-state index in [1.807, 2.05) is 31.5 Å². The van der Waals surface area contributed by atoms with Crippen molar-refractivity contribution in [3.63, 3.8) is 0 Å². The first-order chi connectivity index (χ1) is 15.7. The summed E-state index contributed by atoms with van der Waals surface area (Å²) in [5.41, 5.74) is 9.10. The van der Waals surface area contributed by atoms with Gasteiger partial charge in [-0.05, 0) is 45.2 Å². The maximum absolute atomic E-state index is 12.5. The third-order valence-corrected chi connectivity index (χ3v) is 7.36. The van der Waals surface area contributed by atoms with Crippen LogP contribution in [0.4, 0.5) is 5.82 Å². The first-order valence-corrected chi connectivity index (χ1v) is 11.4. The van der Waals surface area contributed by atoms with E-state index in [4.69, 9.17) is 22.1 Å². The fraction of sp³-hybridized carbons (Fsp3) is 0.478. The van der Waals surface area contributed by atoms with Gasteiger partial charge in [-0.2, -0.15) is 5.10 Å². The molecular formula is C23H27ClN6O3. The quantitative estimate of drug-likeness (QED) is 0.588. The second kappa shape index (κ2) is 7.56. The predicted octanol–water partition coefficient (Wildman–Crippen LogP) is 2.75. The summed E-state index contributed by atoms with van der Waals surface area (Å²) in [4.78, 5) is 22.7. The number of aryl methyl sites for hydroxylation is 1. The smallest absolute Gasteiger partial charge is 0.254 e. The fourth-order valence-electron chi connectivity index (χ4n) is 4.82. The van der Waals surface area contributed by atoms with Crippen molar-refractivity contribution in [3.8, 4) is 5.75 Å². The molecule has 1 aliphatic carbocycles. The molecule has 2 aliphatic rings. The van der Waals surface area contributed by atoms with Crippen LogP contribution >= 0.6 is 11.6 Å². The van der Waals surface area contributed by atoms with Gasteiger partial charge in [0, 0.05) is 35.2 Å². The number of methoxy groups -OCH3 is 1. The number of ether oxygens (including phenoxy) is 1. The number of fused-ring (bicyclic) bond motifs is 1. The van der Waals surface area contributed by atoms with Crippen molar-refractivity contribution in [2.45, 2.75) is 51.2 Å². The number of hydrogen-bond acceptors (Lipinski definition) is 7. The van der Waals surface area contributed by atoms with Crippen LogP contribution in [0.5, 0.6) is 5.75 Å². The third-order valence-electron chi connectivity index (χ3n) is 6.96. The van der Waals surface area contributed by atoms with Gasteiger partial charge in [0.05, 0.1) is 24.2 Å². The first kappa shape index (κ1) is 21.9. The molecule has 3 N–H and O–H groups in total. The van der Waals surface area contributed by atoms with E-state index in [0.717, 1.165) is 33.5 Å². The van der Waals surface area contributed by atoms with E-state index in [2.05, 4.69) is 15.1 Å². The Labute approximate surface area is 196 Å². The van der Waals surface area contributed by atoms with Gasteiger partial charge in [-0.1, -0.05) is 11.6 Å². The lowest BCUT2D eigenvalue weighted by Gasteiger charge is -2.42. The van der Waals surface area contributed by atoms with Crippen LogP contribution in [0.3, 0.4) is 0 Å². The molecule has 174 valence electrons. The van der Waals surface area contributed by atoms with Crippen molar-refractivity contribution in [3.05, 3.63) is 39.8 Å². The zero-order chi connectivity index (χ0) is 23.7. The molecule has 1 aliphatic heterocycles. The number of likely N-dealkylation sites (tertiary alicyclic amines) is 1. The van der Waals surface area contributed by atoms with Crippen LogP contribution in [0, 0.1) is 13.8 Å². The van der Waals surface area contributed by atoms with Gasteiger partial charge in [-0.15, -0.1) is 0 Å². The molecule has 33 heavy (non-hydrogen) atoms. The molecular weight excluding hydrogens is 444 g/mol. The molecule has 1 saturated carbocycles. The summed E-state index contributed by atoms with van der Waals surface area (Å²) in [5, 5.41) is 16.2. The van der Waals surface area contributed by atoms with E-state index in [0.29, 0.717) is 42.4 Å². The minimum Gasteiger partial charge on any atom is -0.496 e. The zero-order valence-corrected chi connectivity index (χ0v) is 19.8. The molecule has 0 bridgehead atoms. The highest BCUT2D eigenvalue weighted by Crippen LogP contribution is 2.46. The molecule has 1 unspecified atom stereocenters. The molecule has 1 aromatic carbocycles. The molecule has 1 atom stereocenters. The van der Waals surface area contributed by atoms with Gasteiger partial charge in [0.15, 0.2) is 5.65 Å². The molecule has 3 aromatic rings. The van der Waals surface area contributed by atoms with E-state index < -0.39 is 5.60 Å². The largest absolute Gasteiger partial charge is 0.496 e. The van der Waals surface area contributed by atoms with Crippen LogP contribution < -0.4 is 10.5 Å². The minimum absolute atomic E-state index is 0.0740. The maximum atomic E-state index is 12.5. The Kier molecular flexibility index (Phi) is 5.02. The van der Waals surface area contributed by atoms with E-state index in [-0.39, 0.29) is 17.9 Å². The molecule has 0 spiro atoms. The third kappa shape index (κ3) is 3.33. The highest BCUT2D eigenvalue weighted by atomic mass is 35.5. The molecule has 1 saturated heterocycles. The number of carbonyl (C=O) groups is 1. The van der Waals surface area contributed by atoms with Crippen LogP contribution in [-0.2, 0) is 4.79 Å². The molecule has 9 nitrogen and oxygen atoms in total. The lowest BCUT2D eigenvalue weighted by molar-refractivity contribution is -0.147. The van der Waals surface area contributed by atoms with Crippen molar-refractivity contribution in [2.24, 2.45) is 0 Å². The number of nitrogens with zero attached hydrogens (tertiary/aromatic N) is 5. The number of nitrogen functional groups attached to an aromatic ring is 1. The predicted molar refractivity (Wildman–Crippen MR) is 125 cm³/mol. The topological polar surface area (TPSA) is 119 Å². The van der Waals surface area contributed by atoms with E-state index in [9.17, 15) is 9.90 Å². The summed E-state index contributed by atoms with van der Waals surface area (Å²) in [5.74, 6) is 1.02. The van der Waals surface area contributed by atoms with Crippen LogP contribution in [0.1, 0.15) is 54.1 Å². The fourth-order valence-corrected chi connectivity index (χ4v) is 5.04. The first-order valence-electron chi connectivity index (χ1n) is 11.0. The average molecular weight is 471 g/mol. The highest BCUT2D eigenvalue weighted by Gasteiger charge is 2.52. The van der Waals surface area contributed by atoms with Gasteiger partial charge in [0.2, 0.25) is 0 Å². The van der Waals surface area contributed by atoms with Gasteiger partial charge < -0.3 is 20.5 Å². The lowest BCUT2D eigenvalue weighted by Crippen LogP contribution is -2.53. The van der Waals surface area contributed by atoms with E-state index >= 15 is 0 Å². The summed E-state index contributed by atoms with van der Waals surface area (Å²) in [7, 11) is 1.64. The van der Waals surface area contributed by atoms with E-state index in [1.54, 1.807) is 12.0 Å². The van der Waals surface area contributed by atoms with Gasteiger partial charge in [0.25, 0.3) is 5.91 Å². The summed E-state index contributed by atoms with van der Waals surface area (Å²) < 4.78 is 7.73. The molecule has 2 aromatic heterocycles. The van der Waals surface area contributed by atoms with Crippen LogP contribution in [0.25, 0.3) is 11.0 Å². The Balaban J connectivity index is 1.54. The molecule has 3 heterocycles. The van der Waals surface area contributed by atoms with Crippen molar-refractivity contribution in [1.82, 2.24) is 24.6 Å². The summed E-state index contributed by atoms with van der Waals surface area (Å²) in [6, 6.07) is 1.67. The number of amides is 1. The molecule has 2 fully saturated rings. The number of hydrogen-bond donors (Lipinski definition) is 2. The number of carbonyl (C=O) groups excluding carboxylic acids is 1. The Morgan fingerprint density at radius 2 is 2.03 bits per heavy atom.